The van der Waals surface area contributed by atoms with Crippen LogP contribution in [0.25, 0.3) is 22.2 Å². The molecule has 5 rings (SSSR count). The molecule has 0 aliphatic heterocycles. The van der Waals surface area contributed by atoms with Gasteiger partial charge in [-0.25, -0.2) is 32.2 Å². The first-order valence-corrected chi connectivity index (χ1v) is 17.1. The standard InChI is InChI=1S/C31H29BrF2N4O4S2/c1-19(2)44(39,40)11-10-41-9-8-30-38-28(17-43-30)23-14-24-27(15-26(23)34)35-18-36-31(24)37-22-6-7-29(25(32)13-22)42-16-20-4-3-5-21(33)12-20/h3-7,12-15,17-19H,8-11,16H2,1-2H3,(H,35,36,37). The Morgan fingerprint density at radius 3 is 2.66 bits per heavy atom. The van der Waals surface area contributed by atoms with E-state index >= 15 is 4.39 Å². The summed E-state index contributed by atoms with van der Waals surface area (Å²) in [6.45, 7) is 3.94. The van der Waals surface area contributed by atoms with Gasteiger partial charge in [-0.1, -0.05) is 12.1 Å². The van der Waals surface area contributed by atoms with Crippen LogP contribution < -0.4 is 10.1 Å². The molecule has 5 aromatic rings. The highest BCUT2D eigenvalue weighted by molar-refractivity contribution is 9.10. The van der Waals surface area contributed by atoms with Crippen molar-refractivity contribution in [2.45, 2.75) is 32.1 Å². The number of nitrogens with one attached hydrogen (secondary N) is 1. The van der Waals surface area contributed by atoms with Gasteiger partial charge >= 0.3 is 0 Å². The number of rotatable bonds is 13. The lowest BCUT2D eigenvalue weighted by Crippen LogP contribution is -2.21. The quantitative estimate of drug-likeness (QED) is 0.126. The first-order chi connectivity index (χ1) is 21.1. The number of halogens is 3. The van der Waals surface area contributed by atoms with Crippen LogP contribution in [-0.4, -0.2) is 47.6 Å². The largest absolute Gasteiger partial charge is 0.488 e. The molecule has 0 atom stereocenters. The molecule has 2 heterocycles. The number of nitrogens with zero attached hydrogens (tertiary/aromatic N) is 3. The second-order valence-electron chi connectivity index (χ2n) is 10.2. The number of aromatic nitrogens is 3. The molecule has 230 valence electrons. The van der Waals surface area contributed by atoms with Gasteiger partial charge in [0.05, 0.1) is 44.9 Å². The molecule has 13 heteroatoms. The molecule has 0 spiro atoms. The van der Waals surface area contributed by atoms with Gasteiger partial charge in [0.25, 0.3) is 0 Å². The number of hydrogen-bond donors (Lipinski definition) is 1. The van der Waals surface area contributed by atoms with Gasteiger partial charge in [0.2, 0.25) is 0 Å². The first-order valence-electron chi connectivity index (χ1n) is 13.7. The molecule has 0 bridgehead atoms. The Hall–Kier alpha value is -3.52. The van der Waals surface area contributed by atoms with Crippen LogP contribution in [0.5, 0.6) is 5.75 Å². The molecule has 0 saturated heterocycles. The second kappa shape index (κ2) is 14.1. The number of sulfone groups is 1. The van der Waals surface area contributed by atoms with Crippen LogP contribution in [0.15, 0.2) is 70.8 Å². The zero-order chi connectivity index (χ0) is 31.3. The maximum atomic E-state index is 15.2. The molecule has 0 saturated carbocycles. The van der Waals surface area contributed by atoms with Crippen molar-refractivity contribution in [1.29, 1.82) is 0 Å². The van der Waals surface area contributed by atoms with Crippen molar-refractivity contribution in [1.82, 2.24) is 15.0 Å². The van der Waals surface area contributed by atoms with Gasteiger partial charge in [0.15, 0.2) is 9.84 Å². The lowest BCUT2D eigenvalue weighted by Gasteiger charge is -2.13. The number of fused-ring (bicyclic) bond motifs is 1. The molecule has 8 nitrogen and oxygen atoms in total. The van der Waals surface area contributed by atoms with Crippen molar-refractivity contribution in [3.8, 4) is 17.0 Å². The van der Waals surface area contributed by atoms with Crippen LogP contribution in [0, 0.1) is 11.6 Å². The summed E-state index contributed by atoms with van der Waals surface area (Å²) in [5.74, 6) is 0.259. The summed E-state index contributed by atoms with van der Waals surface area (Å²) >= 11 is 4.91. The normalized spacial score (nSPS) is 11.8. The van der Waals surface area contributed by atoms with Gasteiger partial charge in [-0.15, -0.1) is 11.3 Å². The molecule has 44 heavy (non-hydrogen) atoms. The molecule has 0 aliphatic rings. The third kappa shape index (κ3) is 7.95. The van der Waals surface area contributed by atoms with Crippen molar-refractivity contribution in [3.05, 3.63) is 93.0 Å². The highest BCUT2D eigenvalue weighted by atomic mass is 79.9. The molecule has 0 unspecified atom stereocenters. The van der Waals surface area contributed by atoms with Crippen LogP contribution in [0.3, 0.4) is 0 Å². The number of anilines is 2. The Morgan fingerprint density at radius 1 is 1.05 bits per heavy atom. The average molecular weight is 704 g/mol. The molecular weight excluding hydrogens is 674 g/mol. The minimum atomic E-state index is -3.15. The molecule has 0 radical (unpaired) electrons. The highest BCUT2D eigenvalue weighted by Gasteiger charge is 2.17. The van der Waals surface area contributed by atoms with Crippen LogP contribution in [0.2, 0.25) is 0 Å². The van der Waals surface area contributed by atoms with Crippen LogP contribution in [0.1, 0.15) is 24.4 Å². The summed E-state index contributed by atoms with van der Waals surface area (Å²) in [7, 11) is -3.15. The van der Waals surface area contributed by atoms with E-state index in [0.29, 0.717) is 62.5 Å². The Kier molecular flexibility index (Phi) is 10.2. The predicted molar refractivity (Wildman–Crippen MR) is 172 cm³/mol. The smallest absolute Gasteiger partial charge is 0.154 e. The second-order valence-corrected chi connectivity index (χ2v) is 14.6. The monoisotopic (exact) mass is 702 g/mol. The Labute approximate surface area is 266 Å². The number of ether oxygens (including phenoxy) is 2. The van der Waals surface area contributed by atoms with Crippen LogP contribution >= 0.6 is 27.3 Å². The molecule has 1 N–H and O–H groups in total. The summed E-state index contributed by atoms with van der Waals surface area (Å²) in [6, 6.07) is 14.7. The lowest BCUT2D eigenvalue weighted by atomic mass is 10.1. The summed E-state index contributed by atoms with van der Waals surface area (Å²) < 4.78 is 64.5. The van der Waals surface area contributed by atoms with Gasteiger partial charge in [0, 0.05) is 34.5 Å². The zero-order valence-corrected chi connectivity index (χ0v) is 27.1. The Bertz CT molecular complexity index is 1890. The SMILES string of the molecule is CC(C)S(=O)(=O)CCOCCc1nc(-c2cc3c(Nc4ccc(OCc5cccc(F)c5)c(Br)c4)ncnc3cc2F)cs1. The van der Waals surface area contributed by atoms with E-state index in [0.717, 1.165) is 5.01 Å². The van der Waals surface area contributed by atoms with E-state index in [1.165, 1.54) is 35.9 Å². The predicted octanol–water partition coefficient (Wildman–Crippen LogP) is 7.50. The molecule has 2 aromatic heterocycles. The van der Waals surface area contributed by atoms with Gasteiger partial charge in [-0.2, -0.15) is 0 Å². The summed E-state index contributed by atoms with van der Waals surface area (Å²) in [5.41, 5.74) is 2.63. The van der Waals surface area contributed by atoms with Crippen molar-refractivity contribution in [2.24, 2.45) is 0 Å². The van der Waals surface area contributed by atoms with Crippen molar-refractivity contribution in [2.75, 3.05) is 24.3 Å². The van der Waals surface area contributed by atoms with Crippen LogP contribution in [-0.2, 0) is 27.6 Å². The van der Waals surface area contributed by atoms with E-state index in [1.807, 2.05) is 12.1 Å². The van der Waals surface area contributed by atoms with E-state index < -0.39 is 20.9 Å². The van der Waals surface area contributed by atoms with Crippen molar-refractivity contribution >= 4 is 59.5 Å². The van der Waals surface area contributed by atoms with E-state index in [-0.39, 0.29) is 24.8 Å². The zero-order valence-electron chi connectivity index (χ0n) is 23.9. The first kappa shape index (κ1) is 31.9. The molecule has 0 aliphatic carbocycles. The minimum Gasteiger partial charge on any atom is -0.488 e. The van der Waals surface area contributed by atoms with E-state index in [2.05, 4.69) is 36.2 Å². The summed E-state index contributed by atoms with van der Waals surface area (Å²) in [4.78, 5) is 13.2. The molecule has 3 aromatic carbocycles. The number of thiazole rings is 1. The van der Waals surface area contributed by atoms with Gasteiger partial charge in [-0.3, -0.25) is 0 Å². The maximum Gasteiger partial charge on any atom is 0.154 e. The van der Waals surface area contributed by atoms with Gasteiger partial charge in [0.1, 0.15) is 36.1 Å². The van der Waals surface area contributed by atoms with Crippen molar-refractivity contribution in [3.63, 3.8) is 0 Å². The van der Waals surface area contributed by atoms with Crippen LogP contribution in [0.4, 0.5) is 20.3 Å². The fraction of sp³-hybridized carbons (Fsp3) is 0.258. The number of hydrogen-bond acceptors (Lipinski definition) is 9. The fourth-order valence-electron chi connectivity index (χ4n) is 4.22. The van der Waals surface area contributed by atoms with E-state index in [9.17, 15) is 12.8 Å². The van der Waals surface area contributed by atoms with E-state index in [4.69, 9.17) is 9.47 Å². The topological polar surface area (TPSA) is 103 Å². The minimum absolute atomic E-state index is 0.0278. The Morgan fingerprint density at radius 2 is 1.89 bits per heavy atom. The van der Waals surface area contributed by atoms with Crippen molar-refractivity contribution < 1.29 is 26.7 Å². The highest BCUT2D eigenvalue weighted by Crippen LogP contribution is 2.34. The summed E-state index contributed by atoms with van der Waals surface area (Å²) in [6.07, 6.45) is 1.84. The van der Waals surface area contributed by atoms with E-state index in [1.54, 1.807) is 43.5 Å². The maximum absolute atomic E-state index is 15.2. The summed E-state index contributed by atoms with van der Waals surface area (Å²) in [5, 5.41) is 5.97. The molecule has 0 fully saturated rings. The van der Waals surface area contributed by atoms with Gasteiger partial charge in [-0.05, 0) is 71.7 Å². The Balaban J connectivity index is 1.27. The molecular formula is C31H29BrF2N4O4S2. The fourth-order valence-corrected chi connectivity index (χ4v) is 6.31. The van der Waals surface area contributed by atoms with Gasteiger partial charge < -0.3 is 14.8 Å². The third-order valence-electron chi connectivity index (χ3n) is 6.72. The third-order valence-corrected chi connectivity index (χ3v) is 10.4. The lowest BCUT2D eigenvalue weighted by molar-refractivity contribution is 0.152. The molecule has 0 amide bonds. The number of benzene rings is 3. The average Bonchev–Trinajstić information content (AvgIpc) is 3.45.